The number of hydrogen-bond donors (Lipinski definition) is 2. The molecule has 0 unspecified atom stereocenters. The van der Waals surface area contributed by atoms with Crippen molar-refractivity contribution in [1.29, 1.82) is 0 Å². The Morgan fingerprint density at radius 1 is 1.35 bits per heavy atom. The Hall–Kier alpha value is -3.09. The first-order chi connectivity index (χ1) is 12.4. The van der Waals surface area contributed by atoms with Crippen LogP contribution < -0.4 is 15.4 Å². The maximum atomic E-state index is 12.9. The van der Waals surface area contributed by atoms with Crippen LogP contribution in [0.1, 0.15) is 19.4 Å². The molecule has 2 aromatic rings. The number of benzene rings is 1. The Labute approximate surface area is 152 Å². The van der Waals surface area contributed by atoms with E-state index in [0.717, 1.165) is 16.5 Å². The third-order valence-electron chi connectivity index (χ3n) is 4.51. The number of aromatic nitrogens is 1. The number of hydrogen-bond acceptors (Lipinski definition) is 4. The van der Waals surface area contributed by atoms with E-state index in [4.69, 9.17) is 4.74 Å². The molecule has 1 aromatic heterocycles. The van der Waals surface area contributed by atoms with E-state index in [2.05, 4.69) is 15.6 Å². The van der Waals surface area contributed by atoms with Gasteiger partial charge in [-0.3, -0.25) is 9.78 Å². The molecule has 0 radical (unpaired) electrons. The first-order valence-corrected chi connectivity index (χ1v) is 8.36. The van der Waals surface area contributed by atoms with Crippen LogP contribution in [-0.2, 0) is 11.3 Å². The molecule has 1 aromatic carbocycles. The molecule has 0 spiro atoms. The number of methoxy groups -OCH3 is 1. The lowest BCUT2D eigenvalue weighted by Gasteiger charge is -2.29. The molecule has 0 saturated carbocycles. The third kappa shape index (κ3) is 3.20. The molecule has 0 aliphatic carbocycles. The largest absolute Gasteiger partial charge is 0.494 e. The van der Waals surface area contributed by atoms with Gasteiger partial charge >= 0.3 is 6.03 Å². The van der Waals surface area contributed by atoms with E-state index in [9.17, 15) is 9.59 Å². The fourth-order valence-corrected chi connectivity index (χ4v) is 3.25. The van der Waals surface area contributed by atoms with Crippen molar-refractivity contribution < 1.29 is 14.3 Å². The summed E-state index contributed by atoms with van der Waals surface area (Å²) in [4.78, 5) is 30.5. The monoisotopic (exact) mass is 354 g/mol. The van der Waals surface area contributed by atoms with Crippen LogP contribution in [0.15, 0.2) is 41.7 Å². The minimum absolute atomic E-state index is 0.129. The summed E-state index contributed by atoms with van der Waals surface area (Å²) in [6.07, 6.45) is 1.72. The fourth-order valence-electron chi connectivity index (χ4n) is 3.25. The number of allylic oxidation sites excluding steroid dienone is 1. The van der Waals surface area contributed by atoms with Gasteiger partial charge in [0.05, 0.1) is 18.7 Å². The van der Waals surface area contributed by atoms with E-state index >= 15 is 0 Å². The average molecular weight is 354 g/mol. The van der Waals surface area contributed by atoms with Gasteiger partial charge in [0.25, 0.3) is 5.91 Å². The summed E-state index contributed by atoms with van der Waals surface area (Å²) in [5.41, 5.74) is 2.88. The Balaban J connectivity index is 1.90. The van der Waals surface area contributed by atoms with Crippen LogP contribution in [-0.4, -0.2) is 42.0 Å². The molecule has 3 amide bonds. The second kappa shape index (κ2) is 7.03. The van der Waals surface area contributed by atoms with Crippen molar-refractivity contribution in [2.45, 2.75) is 26.4 Å². The minimum Gasteiger partial charge on any atom is -0.494 e. The van der Waals surface area contributed by atoms with Gasteiger partial charge in [-0.05, 0) is 31.5 Å². The lowest BCUT2D eigenvalue weighted by molar-refractivity contribution is -0.126. The Bertz CT molecular complexity index is 907. The maximum absolute atomic E-state index is 12.9. The van der Waals surface area contributed by atoms with E-state index in [1.54, 1.807) is 39.1 Å². The number of carbonyl (C=O) groups excluding carboxylic acids is 2. The van der Waals surface area contributed by atoms with Gasteiger partial charge in [-0.1, -0.05) is 12.1 Å². The van der Waals surface area contributed by atoms with Gasteiger partial charge < -0.3 is 20.3 Å². The second-order valence-electron chi connectivity index (χ2n) is 6.35. The van der Waals surface area contributed by atoms with E-state index in [1.165, 1.54) is 0 Å². The molecule has 7 heteroatoms. The van der Waals surface area contributed by atoms with Gasteiger partial charge in [0.1, 0.15) is 11.3 Å². The number of pyridine rings is 1. The molecule has 1 aliphatic heterocycles. The normalized spacial score (nSPS) is 16.9. The Morgan fingerprint density at radius 3 is 2.81 bits per heavy atom. The number of amides is 3. The Kier molecular flexibility index (Phi) is 4.79. The molecular weight excluding hydrogens is 332 g/mol. The van der Waals surface area contributed by atoms with E-state index in [0.29, 0.717) is 23.6 Å². The zero-order valence-electron chi connectivity index (χ0n) is 15.3. The minimum atomic E-state index is -0.340. The zero-order valence-corrected chi connectivity index (χ0v) is 15.3. The van der Waals surface area contributed by atoms with Gasteiger partial charge in [0.15, 0.2) is 0 Å². The van der Waals surface area contributed by atoms with Gasteiger partial charge in [-0.25, -0.2) is 4.79 Å². The first-order valence-electron chi connectivity index (χ1n) is 8.36. The number of likely N-dealkylation sites (N-methyl/N-ethyl adjacent to an activating group) is 1. The molecule has 26 heavy (non-hydrogen) atoms. The SMILES string of the molecule is COc1ccc(CN(C)C(=O)C2=C(C)NC(=O)N[C@H]2C)c2cccnc12. The smallest absolute Gasteiger partial charge is 0.319 e. The summed E-state index contributed by atoms with van der Waals surface area (Å²) in [6, 6.07) is 7.00. The zero-order chi connectivity index (χ0) is 18.8. The van der Waals surface area contributed by atoms with Gasteiger partial charge in [-0.15, -0.1) is 0 Å². The van der Waals surface area contributed by atoms with Crippen molar-refractivity contribution in [3.8, 4) is 5.75 Å². The quantitative estimate of drug-likeness (QED) is 0.881. The van der Waals surface area contributed by atoms with Crippen molar-refractivity contribution in [2.75, 3.05) is 14.2 Å². The molecule has 3 rings (SSSR count). The predicted octanol–water partition coefficient (Wildman–Crippen LogP) is 2.18. The van der Waals surface area contributed by atoms with Crippen molar-refractivity contribution in [3.05, 3.63) is 47.3 Å². The van der Waals surface area contributed by atoms with Crippen molar-refractivity contribution in [2.24, 2.45) is 0 Å². The number of carbonyl (C=O) groups is 2. The molecule has 1 aliphatic rings. The van der Waals surface area contributed by atoms with Gasteiger partial charge in [-0.2, -0.15) is 0 Å². The predicted molar refractivity (Wildman–Crippen MR) is 98.6 cm³/mol. The van der Waals surface area contributed by atoms with Gasteiger partial charge in [0.2, 0.25) is 0 Å². The Morgan fingerprint density at radius 2 is 2.12 bits per heavy atom. The standard InChI is InChI=1S/C19H22N4O3/c1-11-16(12(2)22-19(25)21-11)18(24)23(3)10-13-7-8-15(26-4)17-14(13)6-5-9-20-17/h5-9,11H,10H2,1-4H3,(H2,21,22,25)/t11-/m0/s1. The van der Waals surface area contributed by atoms with E-state index < -0.39 is 0 Å². The molecular formula is C19H22N4O3. The molecule has 136 valence electrons. The molecule has 0 saturated heterocycles. The highest BCUT2D eigenvalue weighted by Gasteiger charge is 2.28. The van der Waals surface area contributed by atoms with Crippen LogP contribution in [0.3, 0.4) is 0 Å². The van der Waals surface area contributed by atoms with Crippen LogP contribution in [0, 0.1) is 0 Å². The first kappa shape index (κ1) is 17.7. The van der Waals surface area contributed by atoms with Crippen LogP contribution in [0.4, 0.5) is 4.79 Å². The van der Waals surface area contributed by atoms with Crippen LogP contribution in [0.2, 0.25) is 0 Å². The maximum Gasteiger partial charge on any atom is 0.319 e. The summed E-state index contributed by atoms with van der Waals surface area (Å²) < 4.78 is 5.37. The number of fused-ring (bicyclic) bond motifs is 1. The highest BCUT2D eigenvalue weighted by atomic mass is 16.5. The summed E-state index contributed by atoms with van der Waals surface area (Å²) in [7, 11) is 3.36. The van der Waals surface area contributed by atoms with Gasteiger partial charge in [0, 0.05) is 30.9 Å². The number of urea groups is 1. The molecule has 1 atom stereocenters. The lowest BCUT2D eigenvalue weighted by atomic mass is 10.0. The van der Waals surface area contributed by atoms with Crippen LogP contribution in [0.5, 0.6) is 5.75 Å². The third-order valence-corrected chi connectivity index (χ3v) is 4.51. The van der Waals surface area contributed by atoms with E-state index in [1.807, 2.05) is 24.3 Å². The topological polar surface area (TPSA) is 83.6 Å². The summed E-state index contributed by atoms with van der Waals surface area (Å²) in [5.74, 6) is 0.569. The lowest BCUT2D eigenvalue weighted by Crippen LogP contribution is -2.50. The van der Waals surface area contributed by atoms with Crippen LogP contribution >= 0.6 is 0 Å². The summed E-state index contributed by atoms with van der Waals surface area (Å²) in [6.45, 7) is 3.96. The van der Waals surface area contributed by atoms with Crippen molar-refractivity contribution >= 4 is 22.8 Å². The van der Waals surface area contributed by atoms with Crippen molar-refractivity contribution in [1.82, 2.24) is 20.5 Å². The average Bonchev–Trinajstić information content (AvgIpc) is 2.61. The molecule has 0 bridgehead atoms. The summed E-state index contributed by atoms with van der Waals surface area (Å²) >= 11 is 0. The highest BCUT2D eigenvalue weighted by Crippen LogP contribution is 2.27. The number of nitrogens with zero attached hydrogens (tertiary/aromatic N) is 2. The summed E-state index contributed by atoms with van der Waals surface area (Å²) in [5, 5.41) is 6.33. The fraction of sp³-hybridized carbons (Fsp3) is 0.316. The number of ether oxygens (including phenoxy) is 1. The molecule has 2 N–H and O–H groups in total. The number of nitrogens with one attached hydrogen (secondary N) is 2. The number of rotatable bonds is 4. The van der Waals surface area contributed by atoms with Crippen LogP contribution in [0.25, 0.3) is 10.9 Å². The van der Waals surface area contributed by atoms with E-state index in [-0.39, 0.29) is 18.0 Å². The second-order valence-corrected chi connectivity index (χ2v) is 6.35. The molecule has 2 heterocycles. The molecule has 0 fully saturated rings. The molecule has 7 nitrogen and oxygen atoms in total. The van der Waals surface area contributed by atoms with Crippen molar-refractivity contribution in [3.63, 3.8) is 0 Å². The highest BCUT2D eigenvalue weighted by molar-refractivity contribution is 5.98.